The Bertz CT molecular complexity index is 1850. The Morgan fingerprint density at radius 2 is 1.65 bits per heavy atom. The van der Waals surface area contributed by atoms with E-state index in [-0.39, 0.29) is 24.6 Å². The summed E-state index contributed by atoms with van der Waals surface area (Å²) in [6, 6.07) is 11.3. The second kappa shape index (κ2) is 16.0. The summed E-state index contributed by atoms with van der Waals surface area (Å²) in [7, 11) is -3.91. The van der Waals surface area contributed by atoms with Crippen LogP contribution in [0.2, 0.25) is 0 Å². The van der Waals surface area contributed by atoms with Gasteiger partial charge in [-0.25, -0.2) is 13.4 Å². The number of fused-ring (bicyclic) bond motifs is 2. The van der Waals surface area contributed by atoms with Crippen LogP contribution in [0.15, 0.2) is 60.9 Å². The number of pyridine rings is 2. The zero-order valence-corrected chi connectivity index (χ0v) is 31.9. The van der Waals surface area contributed by atoms with Crippen molar-refractivity contribution in [3.05, 3.63) is 72.2 Å². The van der Waals surface area contributed by atoms with Gasteiger partial charge in [-0.15, -0.1) is 0 Å². The predicted molar refractivity (Wildman–Crippen MR) is 201 cm³/mol. The summed E-state index contributed by atoms with van der Waals surface area (Å²) in [5, 5.41) is 21.4. The highest BCUT2D eigenvalue weighted by atomic mass is 32.2. The van der Waals surface area contributed by atoms with Crippen molar-refractivity contribution in [2.24, 2.45) is 11.8 Å². The Morgan fingerprint density at radius 3 is 2.33 bits per heavy atom. The van der Waals surface area contributed by atoms with Gasteiger partial charge in [0.05, 0.1) is 28.5 Å². The zero-order valence-electron chi connectivity index (χ0n) is 31.1. The topological polar surface area (TPSA) is 171 Å². The van der Waals surface area contributed by atoms with Crippen molar-refractivity contribution in [1.29, 1.82) is 0 Å². The van der Waals surface area contributed by atoms with E-state index in [2.05, 4.69) is 30.8 Å². The van der Waals surface area contributed by atoms with Crippen LogP contribution in [0.3, 0.4) is 0 Å². The monoisotopic (exact) mass is 734 g/mol. The quantitative estimate of drug-likeness (QED) is 0.218. The van der Waals surface area contributed by atoms with Gasteiger partial charge < -0.3 is 21.1 Å². The van der Waals surface area contributed by atoms with Crippen LogP contribution in [-0.2, 0) is 25.8 Å². The molecule has 13 heteroatoms. The molecule has 2 aromatic heterocycles. The number of aromatic nitrogens is 2. The largest absolute Gasteiger partial charge is 0.390 e. The third-order valence-corrected chi connectivity index (χ3v) is 12.9. The number of carbonyl (C=O) groups excluding carboxylic acids is 3. The van der Waals surface area contributed by atoms with Gasteiger partial charge in [-0.3, -0.25) is 24.3 Å². The molecule has 3 amide bonds. The Labute approximate surface area is 307 Å². The van der Waals surface area contributed by atoms with E-state index in [0.29, 0.717) is 35.7 Å². The lowest BCUT2D eigenvalue weighted by atomic mass is 9.72. The van der Waals surface area contributed by atoms with Gasteiger partial charge in [0.1, 0.15) is 11.7 Å². The van der Waals surface area contributed by atoms with Crippen molar-refractivity contribution >= 4 is 38.5 Å². The average Bonchev–Trinajstić information content (AvgIpc) is 3.08. The SMILES string of the molecule is CC(C)(C)NC(=O)C1CC2CCCCC2CN1CC(O)C(Cc1ccccc1)NC(=O)C(NC(=O)c1ccc2cnccc2n1)C(C)(C)S(C)(=O)=O. The third-order valence-electron chi connectivity index (χ3n) is 10.7. The van der Waals surface area contributed by atoms with E-state index in [0.717, 1.165) is 37.5 Å². The van der Waals surface area contributed by atoms with Crippen molar-refractivity contribution in [3.63, 3.8) is 0 Å². The summed E-state index contributed by atoms with van der Waals surface area (Å²) in [5.74, 6) is -0.713. The fraction of sp³-hybridized carbons (Fsp3) is 0.564. The number of nitrogens with zero attached hydrogens (tertiary/aromatic N) is 3. The van der Waals surface area contributed by atoms with Gasteiger partial charge >= 0.3 is 0 Å². The van der Waals surface area contributed by atoms with Gasteiger partial charge in [0, 0.05) is 42.7 Å². The molecule has 0 spiro atoms. The van der Waals surface area contributed by atoms with Crippen LogP contribution in [0.1, 0.15) is 82.8 Å². The zero-order chi connectivity index (χ0) is 37.8. The molecule has 4 N–H and O–H groups in total. The molecule has 0 radical (unpaired) electrons. The molecule has 12 nitrogen and oxygen atoms in total. The van der Waals surface area contributed by atoms with E-state index >= 15 is 0 Å². The molecular weight excluding hydrogens is 681 g/mol. The van der Waals surface area contributed by atoms with E-state index in [4.69, 9.17) is 0 Å². The summed E-state index contributed by atoms with van der Waals surface area (Å²) in [4.78, 5) is 52.2. The minimum absolute atomic E-state index is 0.00682. The molecule has 282 valence electrons. The number of sulfone groups is 1. The standard InChI is InChI=1S/C39H54N6O6S/c1-38(2,3)44-36(48)32-21-26-14-10-11-15-28(26)23-45(32)24-33(46)31(20-25-12-8-7-9-13-25)42-37(49)34(39(4,5)52(6,50)51)43-35(47)30-17-16-27-22-40-19-18-29(27)41-30/h7-9,12-13,16-19,22,26,28,31-34,46H,10-11,14-15,20-21,23-24H2,1-6H3,(H,42,49)(H,43,47)(H,44,48). The van der Waals surface area contributed by atoms with Gasteiger partial charge in [0.25, 0.3) is 5.91 Å². The minimum atomic E-state index is -3.91. The number of rotatable bonds is 12. The number of nitrogens with one attached hydrogen (secondary N) is 3. The van der Waals surface area contributed by atoms with Crippen molar-refractivity contribution in [2.75, 3.05) is 19.3 Å². The normalized spacial score (nSPS) is 21.7. The van der Waals surface area contributed by atoms with Crippen molar-refractivity contribution in [1.82, 2.24) is 30.8 Å². The van der Waals surface area contributed by atoms with Gasteiger partial charge in [-0.2, -0.15) is 0 Å². The van der Waals surface area contributed by atoms with Crippen LogP contribution >= 0.6 is 0 Å². The number of hydrogen-bond donors (Lipinski definition) is 4. The molecule has 5 rings (SSSR count). The van der Waals surface area contributed by atoms with E-state index in [9.17, 15) is 27.9 Å². The van der Waals surface area contributed by atoms with Gasteiger partial charge in [-0.05, 0) is 89.5 Å². The smallest absolute Gasteiger partial charge is 0.270 e. The van der Waals surface area contributed by atoms with E-state index in [1.165, 1.54) is 19.9 Å². The molecule has 1 saturated heterocycles. The first-order valence-electron chi connectivity index (χ1n) is 18.2. The Morgan fingerprint density at radius 1 is 0.962 bits per heavy atom. The van der Waals surface area contributed by atoms with Crippen LogP contribution < -0.4 is 16.0 Å². The summed E-state index contributed by atoms with van der Waals surface area (Å²) in [5.41, 5.74) is 0.939. The maximum atomic E-state index is 14.3. The van der Waals surface area contributed by atoms with E-state index in [1.54, 1.807) is 24.5 Å². The molecule has 1 aliphatic heterocycles. The molecule has 2 aliphatic rings. The number of piperidine rings is 1. The van der Waals surface area contributed by atoms with Crippen LogP contribution in [0, 0.1) is 11.8 Å². The number of benzene rings is 1. The number of β-amino-alcohol motifs (C(OH)–C–C–N with tert-alkyl or cyclic N) is 1. The molecule has 1 aliphatic carbocycles. The molecule has 52 heavy (non-hydrogen) atoms. The van der Waals surface area contributed by atoms with Gasteiger partial charge in [-0.1, -0.05) is 49.6 Å². The minimum Gasteiger partial charge on any atom is -0.390 e. The molecule has 0 bridgehead atoms. The maximum Gasteiger partial charge on any atom is 0.270 e. The molecule has 3 heterocycles. The number of likely N-dealkylation sites (tertiary alicyclic amines) is 1. The molecule has 6 atom stereocenters. The Kier molecular flexibility index (Phi) is 12.1. The maximum absolute atomic E-state index is 14.3. The Balaban J connectivity index is 1.43. The second-order valence-corrected chi connectivity index (χ2v) is 18.8. The highest BCUT2D eigenvalue weighted by Crippen LogP contribution is 2.39. The lowest BCUT2D eigenvalue weighted by molar-refractivity contribution is -0.133. The van der Waals surface area contributed by atoms with Crippen molar-refractivity contribution in [2.45, 2.75) is 108 Å². The first-order chi connectivity index (χ1) is 24.4. The molecule has 6 unspecified atom stereocenters. The van der Waals surface area contributed by atoms with E-state index in [1.807, 2.05) is 51.1 Å². The Hall–Kier alpha value is -3.94. The fourth-order valence-corrected chi connectivity index (χ4v) is 8.07. The molecule has 1 saturated carbocycles. The predicted octanol–water partition coefficient (Wildman–Crippen LogP) is 3.44. The number of aliphatic hydroxyl groups excluding tert-OH is 1. The first-order valence-corrected chi connectivity index (χ1v) is 20.1. The fourth-order valence-electron chi connectivity index (χ4n) is 7.48. The number of carbonyl (C=O) groups is 3. The summed E-state index contributed by atoms with van der Waals surface area (Å²) >= 11 is 0. The third kappa shape index (κ3) is 9.53. The van der Waals surface area contributed by atoms with Gasteiger partial charge in [0.2, 0.25) is 11.8 Å². The summed E-state index contributed by atoms with van der Waals surface area (Å²) in [6.07, 6.45) is 8.42. The van der Waals surface area contributed by atoms with Gasteiger partial charge in [0.15, 0.2) is 9.84 Å². The van der Waals surface area contributed by atoms with Crippen LogP contribution in [0.4, 0.5) is 0 Å². The second-order valence-electron chi connectivity index (χ2n) is 16.2. The van der Waals surface area contributed by atoms with Crippen molar-refractivity contribution < 1.29 is 27.9 Å². The lowest BCUT2D eigenvalue weighted by Gasteiger charge is -2.47. The van der Waals surface area contributed by atoms with E-state index < -0.39 is 56.2 Å². The molecular formula is C39H54N6O6S. The molecule has 1 aromatic carbocycles. The first kappa shape index (κ1) is 39.3. The highest BCUT2D eigenvalue weighted by molar-refractivity contribution is 7.92. The molecule has 2 fully saturated rings. The number of amides is 3. The molecule has 3 aromatic rings. The van der Waals surface area contributed by atoms with Crippen LogP contribution in [0.5, 0.6) is 0 Å². The average molecular weight is 735 g/mol. The highest BCUT2D eigenvalue weighted by Gasteiger charge is 2.46. The number of aliphatic hydroxyl groups is 1. The van der Waals surface area contributed by atoms with Crippen LogP contribution in [-0.4, -0.2) is 100.0 Å². The number of hydrogen-bond acceptors (Lipinski definition) is 9. The summed E-state index contributed by atoms with van der Waals surface area (Å²) < 4.78 is 24.5. The lowest BCUT2D eigenvalue weighted by Crippen LogP contribution is -2.64. The van der Waals surface area contributed by atoms with Crippen LogP contribution in [0.25, 0.3) is 10.9 Å². The summed E-state index contributed by atoms with van der Waals surface area (Å²) in [6.45, 7) is 9.40. The van der Waals surface area contributed by atoms with Crippen molar-refractivity contribution in [3.8, 4) is 0 Å².